The van der Waals surface area contributed by atoms with E-state index in [-0.39, 0.29) is 18.1 Å². The van der Waals surface area contributed by atoms with Gasteiger partial charge >= 0.3 is 0 Å². The molecule has 1 aliphatic rings. The molecular formula is C20H23NO6. The minimum Gasteiger partial charge on any atom is -0.493 e. The first-order valence-electron chi connectivity index (χ1n) is 8.56. The number of fused-ring (bicyclic) bond motifs is 1. The van der Waals surface area contributed by atoms with Crippen molar-refractivity contribution >= 4 is 5.91 Å². The second-order valence-electron chi connectivity index (χ2n) is 6.09. The monoisotopic (exact) mass is 373 g/mol. The summed E-state index contributed by atoms with van der Waals surface area (Å²) in [5.41, 5.74) is 0.397. The summed E-state index contributed by atoms with van der Waals surface area (Å²) in [6, 6.07) is 10.4. The molecule has 0 radical (unpaired) electrons. The van der Waals surface area contributed by atoms with E-state index >= 15 is 0 Å². The second kappa shape index (κ2) is 8.07. The largest absolute Gasteiger partial charge is 0.493 e. The first-order valence-corrected chi connectivity index (χ1v) is 8.56. The Labute approximate surface area is 158 Å². The molecular weight excluding hydrogens is 350 g/mol. The van der Waals surface area contributed by atoms with Crippen molar-refractivity contribution in [2.24, 2.45) is 0 Å². The molecule has 2 aromatic rings. The van der Waals surface area contributed by atoms with Crippen LogP contribution in [0.2, 0.25) is 0 Å². The molecule has 0 spiro atoms. The van der Waals surface area contributed by atoms with Crippen LogP contribution in [-0.2, 0) is 0 Å². The number of ether oxygens (including phenoxy) is 5. The van der Waals surface area contributed by atoms with E-state index in [4.69, 9.17) is 23.7 Å². The van der Waals surface area contributed by atoms with Crippen LogP contribution in [0.4, 0.5) is 0 Å². The maximum atomic E-state index is 12.7. The Kier molecular flexibility index (Phi) is 5.59. The number of carbonyl (C=O) groups is 1. The number of para-hydroxylation sites is 2. The number of carbonyl (C=O) groups excluding carboxylic acids is 1. The van der Waals surface area contributed by atoms with E-state index in [1.54, 1.807) is 12.1 Å². The van der Waals surface area contributed by atoms with Crippen LogP contribution in [0.15, 0.2) is 36.4 Å². The lowest BCUT2D eigenvalue weighted by Gasteiger charge is -2.30. The van der Waals surface area contributed by atoms with E-state index in [9.17, 15) is 4.79 Å². The van der Waals surface area contributed by atoms with E-state index in [1.165, 1.54) is 21.3 Å². The molecule has 0 aromatic heterocycles. The number of benzene rings is 2. The van der Waals surface area contributed by atoms with Crippen LogP contribution in [0, 0.1) is 0 Å². The molecule has 1 heterocycles. The molecule has 0 bridgehead atoms. The maximum Gasteiger partial charge on any atom is 0.251 e. The third kappa shape index (κ3) is 3.86. The lowest BCUT2D eigenvalue weighted by atomic mass is 10.1. The molecule has 144 valence electrons. The quantitative estimate of drug-likeness (QED) is 0.839. The number of amides is 1. The smallest absolute Gasteiger partial charge is 0.251 e. The molecule has 27 heavy (non-hydrogen) atoms. The summed E-state index contributed by atoms with van der Waals surface area (Å²) in [7, 11) is 4.53. The van der Waals surface area contributed by atoms with E-state index in [1.807, 2.05) is 31.2 Å². The minimum atomic E-state index is -0.300. The summed E-state index contributed by atoms with van der Waals surface area (Å²) in [5, 5.41) is 2.94. The van der Waals surface area contributed by atoms with Crippen molar-refractivity contribution < 1.29 is 28.5 Å². The van der Waals surface area contributed by atoms with Gasteiger partial charge in [0, 0.05) is 5.56 Å². The van der Waals surface area contributed by atoms with Crippen molar-refractivity contribution in [3.05, 3.63) is 42.0 Å². The van der Waals surface area contributed by atoms with Gasteiger partial charge in [-0.1, -0.05) is 12.1 Å². The van der Waals surface area contributed by atoms with Gasteiger partial charge in [0.2, 0.25) is 5.75 Å². The SMILES string of the molecule is COc1cc(C(=O)N[C@@H](C)[C@H]2COc3ccccc3O2)cc(OC)c1OC. The lowest BCUT2D eigenvalue weighted by Crippen LogP contribution is -2.48. The fourth-order valence-electron chi connectivity index (χ4n) is 2.88. The first-order chi connectivity index (χ1) is 13.1. The van der Waals surface area contributed by atoms with Crippen molar-refractivity contribution in [2.75, 3.05) is 27.9 Å². The van der Waals surface area contributed by atoms with Gasteiger partial charge in [0.25, 0.3) is 5.91 Å². The first kappa shape index (κ1) is 18.7. The summed E-state index contributed by atoms with van der Waals surface area (Å²) < 4.78 is 27.5. The van der Waals surface area contributed by atoms with Gasteiger partial charge in [-0.05, 0) is 31.2 Å². The highest BCUT2D eigenvalue weighted by Gasteiger charge is 2.28. The molecule has 7 nitrogen and oxygen atoms in total. The highest BCUT2D eigenvalue weighted by Crippen LogP contribution is 2.38. The zero-order chi connectivity index (χ0) is 19.4. The van der Waals surface area contributed by atoms with Gasteiger partial charge in [-0.3, -0.25) is 4.79 Å². The van der Waals surface area contributed by atoms with Gasteiger partial charge in [0.05, 0.1) is 27.4 Å². The van der Waals surface area contributed by atoms with Crippen LogP contribution < -0.4 is 29.0 Å². The standard InChI is InChI=1S/C20H23NO6/c1-12(18-11-26-14-7-5-6-8-15(14)27-18)21-20(22)13-9-16(23-2)19(25-4)17(10-13)24-3/h5-10,12,18H,11H2,1-4H3,(H,21,22)/t12-,18+/m0/s1. The minimum absolute atomic E-state index is 0.273. The van der Waals surface area contributed by atoms with E-state index < -0.39 is 0 Å². The fraction of sp³-hybridized carbons (Fsp3) is 0.350. The zero-order valence-corrected chi connectivity index (χ0v) is 15.8. The summed E-state index contributed by atoms with van der Waals surface area (Å²) in [4.78, 5) is 12.7. The molecule has 3 rings (SSSR count). The van der Waals surface area contributed by atoms with Crippen LogP contribution >= 0.6 is 0 Å². The van der Waals surface area contributed by atoms with Gasteiger partial charge in [0.15, 0.2) is 29.1 Å². The molecule has 0 fully saturated rings. The van der Waals surface area contributed by atoms with Gasteiger partial charge in [-0.2, -0.15) is 0 Å². The Morgan fingerprint density at radius 1 is 1.07 bits per heavy atom. The van der Waals surface area contributed by atoms with Gasteiger partial charge < -0.3 is 29.0 Å². The van der Waals surface area contributed by atoms with Crippen LogP contribution in [0.3, 0.4) is 0 Å². The van der Waals surface area contributed by atoms with E-state index in [0.717, 1.165) is 0 Å². The third-order valence-corrected chi connectivity index (χ3v) is 4.37. The molecule has 1 N–H and O–H groups in total. The Morgan fingerprint density at radius 2 is 1.70 bits per heavy atom. The Balaban J connectivity index is 1.73. The highest BCUT2D eigenvalue weighted by molar-refractivity contribution is 5.95. The molecule has 0 aliphatic carbocycles. The predicted molar refractivity (Wildman–Crippen MR) is 99.4 cm³/mol. The Hall–Kier alpha value is -3.09. The summed E-state index contributed by atoms with van der Waals surface area (Å²) in [6.45, 7) is 2.23. The summed E-state index contributed by atoms with van der Waals surface area (Å²) in [6.07, 6.45) is -0.300. The lowest BCUT2D eigenvalue weighted by molar-refractivity contribution is 0.0606. The highest BCUT2D eigenvalue weighted by atomic mass is 16.6. The number of nitrogens with one attached hydrogen (secondary N) is 1. The Morgan fingerprint density at radius 3 is 2.30 bits per heavy atom. The predicted octanol–water partition coefficient (Wildman–Crippen LogP) is 2.67. The van der Waals surface area contributed by atoms with Crippen LogP contribution in [-0.4, -0.2) is 46.0 Å². The van der Waals surface area contributed by atoms with E-state index in [0.29, 0.717) is 40.9 Å². The van der Waals surface area contributed by atoms with Crippen molar-refractivity contribution in [3.8, 4) is 28.7 Å². The third-order valence-electron chi connectivity index (χ3n) is 4.37. The van der Waals surface area contributed by atoms with Crippen LogP contribution in [0.1, 0.15) is 17.3 Å². The van der Waals surface area contributed by atoms with E-state index in [2.05, 4.69) is 5.32 Å². The molecule has 0 saturated heterocycles. The fourth-order valence-corrected chi connectivity index (χ4v) is 2.88. The Bertz CT molecular complexity index is 797. The molecule has 7 heteroatoms. The van der Waals surface area contributed by atoms with Gasteiger partial charge in [-0.25, -0.2) is 0 Å². The summed E-state index contributed by atoms with van der Waals surface area (Å²) in [5.74, 6) is 2.37. The number of methoxy groups -OCH3 is 3. The van der Waals surface area contributed by atoms with Crippen molar-refractivity contribution in [2.45, 2.75) is 19.1 Å². The average molecular weight is 373 g/mol. The van der Waals surface area contributed by atoms with Gasteiger partial charge in [0.1, 0.15) is 6.61 Å². The van der Waals surface area contributed by atoms with Gasteiger partial charge in [-0.15, -0.1) is 0 Å². The zero-order valence-electron chi connectivity index (χ0n) is 15.8. The molecule has 0 saturated carbocycles. The number of rotatable bonds is 6. The van der Waals surface area contributed by atoms with Crippen molar-refractivity contribution in [1.29, 1.82) is 0 Å². The van der Waals surface area contributed by atoms with Crippen molar-refractivity contribution in [1.82, 2.24) is 5.32 Å². The normalized spacial score (nSPS) is 16.2. The molecule has 1 amide bonds. The molecule has 0 unspecified atom stereocenters. The van der Waals surface area contributed by atoms with Crippen molar-refractivity contribution in [3.63, 3.8) is 0 Å². The summed E-state index contributed by atoms with van der Waals surface area (Å²) >= 11 is 0. The number of hydrogen-bond donors (Lipinski definition) is 1. The second-order valence-corrected chi connectivity index (χ2v) is 6.09. The molecule has 2 atom stereocenters. The van der Waals surface area contributed by atoms with Crippen LogP contribution in [0.5, 0.6) is 28.7 Å². The molecule has 2 aromatic carbocycles. The molecule has 1 aliphatic heterocycles. The number of hydrogen-bond acceptors (Lipinski definition) is 6. The van der Waals surface area contributed by atoms with Crippen LogP contribution in [0.25, 0.3) is 0 Å². The topological polar surface area (TPSA) is 75.3 Å². The average Bonchev–Trinajstić information content (AvgIpc) is 2.71. The maximum absolute atomic E-state index is 12.7.